The van der Waals surface area contributed by atoms with Gasteiger partial charge in [-0.05, 0) is 30.5 Å². The van der Waals surface area contributed by atoms with Crippen molar-refractivity contribution in [2.75, 3.05) is 11.4 Å². The van der Waals surface area contributed by atoms with Crippen LogP contribution in [0.2, 0.25) is 5.02 Å². The molecule has 0 saturated carbocycles. The van der Waals surface area contributed by atoms with Crippen molar-refractivity contribution in [2.45, 2.75) is 39.2 Å². The van der Waals surface area contributed by atoms with Crippen LogP contribution in [0.3, 0.4) is 0 Å². The highest BCUT2D eigenvalue weighted by Gasteiger charge is 2.32. The van der Waals surface area contributed by atoms with Crippen LogP contribution in [0.1, 0.15) is 49.3 Å². The van der Waals surface area contributed by atoms with Gasteiger partial charge in [-0.15, -0.1) is 0 Å². The Kier molecular flexibility index (Phi) is 4.31. The first-order valence-electron chi connectivity index (χ1n) is 7.83. The van der Waals surface area contributed by atoms with Gasteiger partial charge in [0.05, 0.1) is 17.3 Å². The fourth-order valence-corrected chi connectivity index (χ4v) is 2.83. The summed E-state index contributed by atoms with van der Waals surface area (Å²) < 4.78 is 5.92. The number of aromatic amines is 1. The number of rotatable bonds is 3. The first kappa shape index (κ1) is 15.9. The predicted molar refractivity (Wildman–Crippen MR) is 90.5 cm³/mol. The van der Waals surface area contributed by atoms with Gasteiger partial charge in [-0.3, -0.25) is 14.8 Å². The zero-order chi connectivity index (χ0) is 16.6. The number of nitrogens with one attached hydrogen (secondary N) is 1. The lowest BCUT2D eigenvalue weighted by molar-refractivity contribution is 0.0949. The number of ether oxygens (including phenoxy) is 1. The van der Waals surface area contributed by atoms with Crippen LogP contribution in [0.5, 0.6) is 5.75 Å². The summed E-state index contributed by atoms with van der Waals surface area (Å²) in [6.45, 7) is 6.63. The minimum atomic E-state index is -0.140. The quantitative estimate of drug-likeness (QED) is 0.923. The van der Waals surface area contributed by atoms with E-state index in [1.54, 1.807) is 11.0 Å². The Balaban J connectivity index is 1.98. The van der Waals surface area contributed by atoms with Gasteiger partial charge in [-0.1, -0.05) is 38.4 Å². The van der Waals surface area contributed by atoms with E-state index in [0.717, 1.165) is 12.1 Å². The third kappa shape index (κ3) is 2.93. The Labute approximate surface area is 140 Å². The molecule has 1 aliphatic rings. The van der Waals surface area contributed by atoms with E-state index in [1.165, 1.54) is 0 Å². The molecule has 3 rings (SSSR count). The lowest BCUT2D eigenvalue weighted by Crippen LogP contribution is -2.43. The third-order valence-corrected chi connectivity index (χ3v) is 4.34. The number of nitrogens with zero attached hydrogens (tertiary/aromatic N) is 2. The molecule has 0 radical (unpaired) electrons. The second kappa shape index (κ2) is 6.24. The van der Waals surface area contributed by atoms with Gasteiger partial charge in [-0.25, -0.2) is 0 Å². The molecule has 6 heteroatoms. The molecule has 0 spiro atoms. The van der Waals surface area contributed by atoms with Crippen molar-refractivity contribution in [1.82, 2.24) is 10.2 Å². The number of carbonyl (C=O) groups is 1. The molecule has 0 fully saturated rings. The number of fused-ring (bicyclic) bond motifs is 1. The first-order chi connectivity index (χ1) is 11.0. The van der Waals surface area contributed by atoms with Crippen LogP contribution in [-0.4, -0.2) is 28.8 Å². The van der Waals surface area contributed by atoms with Crippen molar-refractivity contribution < 1.29 is 9.53 Å². The largest absolute Gasteiger partial charge is 0.485 e. The van der Waals surface area contributed by atoms with Crippen molar-refractivity contribution >= 4 is 23.2 Å². The molecular weight excluding hydrogens is 314 g/mol. The number of amides is 1. The van der Waals surface area contributed by atoms with Gasteiger partial charge in [0, 0.05) is 5.69 Å². The Morgan fingerprint density at radius 1 is 1.52 bits per heavy atom. The molecule has 1 aromatic heterocycles. The number of H-pyrrole nitrogens is 1. The number of benzene rings is 1. The first-order valence-corrected chi connectivity index (χ1v) is 8.21. The van der Waals surface area contributed by atoms with Crippen LogP contribution < -0.4 is 9.64 Å². The summed E-state index contributed by atoms with van der Waals surface area (Å²) in [6, 6.07) is 7.25. The van der Waals surface area contributed by atoms with Gasteiger partial charge in [0.15, 0.2) is 11.4 Å². The van der Waals surface area contributed by atoms with Gasteiger partial charge in [0.2, 0.25) is 0 Å². The number of hydrogen-bond acceptors (Lipinski definition) is 3. The standard InChI is InChI=1S/C17H20ClN3O2/c1-4-11-9-21(15-7-5-6-12(18)16(15)23-11)17(22)14-8-13(10(2)3)19-20-14/h5-8,10-11H,4,9H2,1-3H3,(H,19,20). The molecule has 1 amide bonds. The van der Waals surface area contributed by atoms with E-state index >= 15 is 0 Å². The average molecular weight is 334 g/mol. The summed E-state index contributed by atoms with van der Waals surface area (Å²) in [5.41, 5.74) is 2.05. The summed E-state index contributed by atoms with van der Waals surface area (Å²) >= 11 is 6.24. The molecule has 1 N–H and O–H groups in total. The minimum Gasteiger partial charge on any atom is -0.485 e. The topological polar surface area (TPSA) is 58.2 Å². The Morgan fingerprint density at radius 2 is 2.30 bits per heavy atom. The molecule has 0 aliphatic carbocycles. The second-order valence-corrected chi connectivity index (χ2v) is 6.42. The molecule has 122 valence electrons. The highest BCUT2D eigenvalue weighted by atomic mass is 35.5. The van der Waals surface area contributed by atoms with E-state index in [2.05, 4.69) is 24.0 Å². The van der Waals surface area contributed by atoms with Crippen molar-refractivity contribution in [1.29, 1.82) is 0 Å². The molecule has 1 aliphatic heterocycles. The molecule has 0 bridgehead atoms. The zero-order valence-corrected chi connectivity index (χ0v) is 14.2. The zero-order valence-electron chi connectivity index (χ0n) is 13.5. The molecule has 2 heterocycles. The number of carbonyl (C=O) groups excluding carboxylic acids is 1. The second-order valence-electron chi connectivity index (χ2n) is 6.02. The number of anilines is 1. The van der Waals surface area contributed by atoms with Crippen molar-refractivity contribution in [3.63, 3.8) is 0 Å². The fraction of sp³-hybridized carbons (Fsp3) is 0.412. The predicted octanol–water partition coefficient (Wildman–Crippen LogP) is 4.00. The average Bonchev–Trinajstić information content (AvgIpc) is 3.04. The van der Waals surface area contributed by atoms with Crippen molar-refractivity contribution in [2.24, 2.45) is 0 Å². The summed E-state index contributed by atoms with van der Waals surface area (Å²) in [7, 11) is 0. The van der Waals surface area contributed by atoms with Crippen LogP contribution in [-0.2, 0) is 0 Å². The van der Waals surface area contributed by atoms with Crippen LogP contribution in [0.15, 0.2) is 24.3 Å². The SMILES string of the molecule is CCC1CN(C(=O)c2cc(C(C)C)[nH]n2)c2cccc(Cl)c2O1. The molecule has 23 heavy (non-hydrogen) atoms. The van der Waals surface area contributed by atoms with Gasteiger partial charge >= 0.3 is 0 Å². The smallest absolute Gasteiger partial charge is 0.279 e. The maximum absolute atomic E-state index is 12.9. The third-order valence-electron chi connectivity index (χ3n) is 4.05. The summed E-state index contributed by atoms with van der Waals surface area (Å²) in [4.78, 5) is 14.6. The van der Waals surface area contributed by atoms with E-state index in [0.29, 0.717) is 34.6 Å². The van der Waals surface area contributed by atoms with Crippen LogP contribution in [0.4, 0.5) is 5.69 Å². The number of halogens is 1. The van der Waals surface area contributed by atoms with E-state index in [-0.39, 0.29) is 12.0 Å². The highest BCUT2D eigenvalue weighted by Crippen LogP contribution is 2.40. The monoisotopic (exact) mass is 333 g/mol. The molecular formula is C17H20ClN3O2. The van der Waals surface area contributed by atoms with Gasteiger partial charge in [0.25, 0.3) is 5.91 Å². The Bertz CT molecular complexity index is 726. The van der Waals surface area contributed by atoms with Crippen LogP contribution in [0, 0.1) is 0 Å². The summed E-state index contributed by atoms with van der Waals surface area (Å²) in [6.07, 6.45) is 0.724. The fourth-order valence-electron chi connectivity index (χ4n) is 2.62. The van der Waals surface area contributed by atoms with Crippen molar-refractivity contribution in [3.05, 3.63) is 40.7 Å². The number of hydrogen-bond donors (Lipinski definition) is 1. The van der Waals surface area contributed by atoms with Gasteiger partial charge in [-0.2, -0.15) is 5.10 Å². The van der Waals surface area contributed by atoms with Gasteiger partial charge < -0.3 is 4.74 Å². The normalized spacial score (nSPS) is 17.1. The molecule has 1 aromatic carbocycles. The minimum absolute atomic E-state index is 0.0742. The molecule has 1 unspecified atom stereocenters. The molecule has 0 saturated heterocycles. The summed E-state index contributed by atoms with van der Waals surface area (Å²) in [5.74, 6) is 0.720. The van der Waals surface area contributed by atoms with E-state index in [4.69, 9.17) is 16.3 Å². The van der Waals surface area contributed by atoms with Crippen LogP contribution >= 0.6 is 11.6 Å². The molecule has 1 atom stereocenters. The summed E-state index contributed by atoms with van der Waals surface area (Å²) in [5, 5.41) is 7.62. The molecule has 5 nitrogen and oxygen atoms in total. The van der Waals surface area contributed by atoms with E-state index in [9.17, 15) is 4.79 Å². The highest BCUT2D eigenvalue weighted by molar-refractivity contribution is 6.32. The Hall–Kier alpha value is -2.01. The number of para-hydroxylation sites is 1. The lowest BCUT2D eigenvalue weighted by atomic mass is 10.1. The Morgan fingerprint density at radius 3 is 2.96 bits per heavy atom. The van der Waals surface area contributed by atoms with E-state index < -0.39 is 0 Å². The lowest BCUT2D eigenvalue weighted by Gasteiger charge is -2.34. The molecule has 2 aromatic rings. The maximum Gasteiger partial charge on any atom is 0.279 e. The van der Waals surface area contributed by atoms with E-state index in [1.807, 2.05) is 25.1 Å². The maximum atomic E-state index is 12.9. The van der Waals surface area contributed by atoms with Gasteiger partial charge in [0.1, 0.15) is 6.10 Å². The van der Waals surface area contributed by atoms with Crippen LogP contribution in [0.25, 0.3) is 0 Å². The van der Waals surface area contributed by atoms with Crippen molar-refractivity contribution in [3.8, 4) is 5.75 Å². The number of aromatic nitrogens is 2.